The molecule has 35 heavy (non-hydrogen) atoms. The average Bonchev–Trinajstić information content (AvgIpc) is 3.42. The Labute approximate surface area is 215 Å². The standard InChI is InChI=1S/C27H29Cl2N3O3/c1-3-27-12-10-20(19-9-6-17(14-21(19)29)25-32-31-22(35-25)11-13-33)23(16-4-7-18(28)8-5-16)24(27)15(2)30-26(27)34/h4-9,14-15,20,23-24,33H,3,10-13H2,1-2H3,(H,30,34)/t15-,20+,23+,24+,27-/m1/s1. The molecule has 2 fully saturated rings. The number of rotatable bonds is 6. The second kappa shape index (κ2) is 9.57. The van der Waals surface area contributed by atoms with Gasteiger partial charge in [0.2, 0.25) is 17.7 Å². The van der Waals surface area contributed by atoms with E-state index in [2.05, 4.69) is 47.6 Å². The lowest BCUT2D eigenvalue weighted by Crippen LogP contribution is -2.43. The summed E-state index contributed by atoms with van der Waals surface area (Å²) in [4.78, 5) is 13.2. The lowest BCUT2D eigenvalue weighted by Gasteiger charge is -2.47. The number of halogens is 2. The van der Waals surface area contributed by atoms with Crippen molar-refractivity contribution in [2.24, 2.45) is 11.3 Å². The van der Waals surface area contributed by atoms with Gasteiger partial charge in [-0.15, -0.1) is 10.2 Å². The van der Waals surface area contributed by atoms with E-state index in [4.69, 9.17) is 32.7 Å². The largest absolute Gasteiger partial charge is 0.421 e. The number of aliphatic hydroxyl groups excluding tert-OH is 1. The first-order valence-electron chi connectivity index (χ1n) is 12.2. The van der Waals surface area contributed by atoms with Crippen molar-refractivity contribution >= 4 is 29.1 Å². The SMILES string of the molecule is CC[C@@]12CC[C@@H](c3ccc(-c4nnc(CCO)o4)cc3Cl)[C@H](c3ccc(Cl)cc3)[C@@H]1[C@@H](C)NC2=O. The number of carbonyl (C=O) groups is 1. The van der Waals surface area contributed by atoms with Gasteiger partial charge in [0.05, 0.1) is 12.0 Å². The maximum absolute atomic E-state index is 13.2. The molecule has 1 aromatic heterocycles. The first kappa shape index (κ1) is 24.3. The summed E-state index contributed by atoms with van der Waals surface area (Å²) in [7, 11) is 0. The molecule has 2 heterocycles. The number of carbonyl (C=O) groups excluding carboxylic acids is 1. The zero-order valence-corrected chi connectivity index (χ0v) is 21.3. The molecule has 1 saturated carbocycles. The number of benzene rings is 2. The van der Waals surface area contributed by atoms with Gasteiger partial charge in [0.15, 0.2) is 0 Å². The van der Waals surface area contributed by atoms with Crippen LogP contribution in [-0.2, 0) is 11.2 Å². The van der Waals surface area contributed by atoms with Crippen LogP contribution in [0.4, 0.5) is 0 Å². The van der Waals surface area contributed by atoms with Gasteiger partial charge in [0.25, 0.3) is 0 Å². The second-order valence-corrected chi connectivity index (χ2v) is 10.6. The van der Waals surface area contributed by atoms with Gasteiger partial charge >= 0.3 is 0 Å². The molecule has 0 unspecified atom stereocenters. The number of fused-ring (bicyclic) bond motifs is 1. The molecule has 5 atom stereocenters. The van der Waals surface area contributed by atoms with Crippen molar-refractivity contribution in [3.8, 4) is 11.5 Å². The molecular formula is C27H29Cl2N3O3. The highest BCUT2D eigenvalue weighted by atomic mass is 35.5. The van der Waals surface area contributed by atoms with Crippen LogP contribution >= 0.6 is 23.2 Å². The number of nitrogens with zero attached hydrogens (tertiary/aromatic N) is 2. The van der Waals surface area contributed by atoms with Gasteiger partial charge < -0.3 is 14.8 Å². The summed E-state index contributed by atoms with van der Waals surface area (Å²) in [5.41, 5.74) is 2.60. The minimum Gasteiger partial charge on any atom is -0.421 e. The second-order valence-electron chi connectivity index (χ2n) is 9.73. The van der Waals surface area contributed by atoms with Crippen molar-refractivity contribution in [2.75, 3.05) is 6.61 Å². The van der Waals surface area contributed by atoms with Crippen LogP contribution in [-0.4, -0.2) is 33.9 Å². The molecule has 6 nitrogen and oxygen atoms in total. The van der Waals surface area contributed by atoms with Crippen molar-refractivity contribution in [3.63, 3.8) is 0 Å². The monoisotopic (exact) mass is 513 g/mol. The quantitative estimate of drug-likeness (QED) is 0.436. The van der Waals surface area contributed by atoms with Crippen molar-refractivity contribution in [3.05, 3.63) is 69.5 Å². The molecule has 1 saturated heterocycles. The van der Waals surface area contributed by atoms with Gasteiger partial charge in [0.1, 0.15) is 0 Å². The Bertz CT molecular complexity index is 1230. The Kier molecular flexibility index (Phi) is 6.64. The summed E-state index contributed by atoms with van der Waals surface area (Å²) in [6.07, 6.45) is 2.81. The summed E-state index contributed by atoms with van der Waals surface area (Å²) in [5.74, 6) is 1.34. The molecule has 0 bridgehead atoms. The first-order valence-corrected chi connectivity index (χ1v) is 12.9. The highest BCUT2D eigenvalue weighted by Gasteiger charge is 2.59. The van der Waals surface area contributed by atoms with Crippen LogP contribution in [0, 0.1) is 11.3 Å². The summed E-state index contributed by atoms with van der Waals surface area (Å²) in [5, 5.41) is 21.8. The molecule has 1 aliphatic heterocycles. The van der Waals surface area contributed by atoms with Gasteiger partial charge in [0, 0.05) is 34.0 Å². The van der Waals surface area contributed by atoms with Crippen molar-refractivity contribution in [1.29, 1.82) is 0 Å². The predicted molar refractivity (Wildman–Crippen MR) is 136 cm³/mol. The van der Waals surface area contributed by atoms with Crippen molar-refractivity contribution < 1.29 is 14.3 Å². The van der Waals surface area contributed by atoms with Gasteiger partial charge in [-0.25, -0.2) is 0 Å². The van der Waals surface area contributed by atoms with E-state index in [0.29, 0.717) is 28.2 Å². The zero-order chi connectivity index (χ0) is 24.7. The van der Waals surface area contributed by atoms with Crippen LogP contribution in [0.25, 0.3) is 11.5 Å². The fourth-order valence-corrected chi connectivity index (χ4v) is 6.87. The first-order chi connectivity index (χ1) is 16.9. The third-order valence-corrected chi connectivity index (χ3v) is 8.61. The molecule has 2 aromatic carbocycles. The van der Waals surface area contributed by atoms with Gasteiger partial charge in [-0.05, 0) is 73.4 Å². The van der Waals surface area contributed by atoms with E-state index < -0.39 is 0 Å². The Morgan fingerprint density at radius 2 is 1.94 bits per heavy atom. The Morgan fingerprint density at radius 1 is 1.17 bits per heavy atom. The van der Waals surface area contributed by atoms with Crippen molar-refractivity contribution in [2.45, 2.75) is 57.4 Å². The molecular weight excluding hydrogens is 485 g/mol. The number of hydrogen-bond acceptors (Lipinski definition) is 5. The van der Waals surface area contributed by atoms with E-state index in [9.17, 15) is 4.79 Å². The van der Waals surface area contributed by atoms with Crippen LogP contribution < -0.4 is 5.32 Å². The van der Waals surface area contributed by atoms with E-state index in [1.165, 1.54) is 5.56 Å². The minimum atomic E-state index is -0.375. The molecule has 2 N–H and O–H groups in total. The van der Waals surface area contributed by atoms with Crippen LogP contribution in [0.2, 0.25) is 10.0 Å². The predicted octanol–water partition coefficient (Wildman–Crippen LogP) is 5.77. The summed E-state index contributed by atoms with van der Waals surface area (Å²) < 4.78 is 5.66. The molecule has 3 aromatic rings. The van der Waals surface area contributed by atoms with Gasteiger partial charge in [-0.2, -0.15) is 0 Å². The van der Waals surface area contributed by atoms with Crippen molar-refractivity contribution in [1.82, 2.24) is 15.5 Å². The minimum absolute atomic E-state index is 0.0503. The Balaban J connectivity index is 1.56. The molecule has 0 spiro atoms. The topological polar surface area (TPSA) is 88.2 Å². The van der Waals surface area contributed by atoms with E-state index in [0.717, 1.165) is 30.4 Å². The van der Waals surface area contributed by atoms with E-state index in [-0.39, 0.29) is 41.7 Å². The fraction of sp³-hybridized carbons (Fsp3) is 0.444. The smallest absolute Gasteiger partial charge is 0.247 e. The lowest BCUT2D eigenvalue weighted by molar-refractivity contribution is -0.131. The third kappa shape index (κ3) is 4.15. The normalized spacial score (nSPS) is 28.1. The number of aliphatic hydroxyl groups is 1. The lowest BCUT2D eigenvalue weighted by atomic mass is 9.54. The molecule has 184 valence electrons. The van der Waals surface area contributed by atoms with Gasteiger partial charge in [-0.3, -0.25) is 4.79 Å². The molecule has 8 heteroatoms. The van der Waals surface area contributed by atoms with Gasteiger partial charge in [-0.1, -0.05) is 48.3 Å². The summed E-state index contributed by atoms with van der Waals surface area (Å²) in [6.45, 7) is 4.20. The van der Waals surface area contributed by atoms with Crippen LogP contribution in [0.1, 0.15) is 62.0 Å². The number of aromatic nitrogens is 2. The molecule has 1 aliphatic carbocycles. The highest BCUT2D eigenvalue weighted by Crippen LogP contribution is 2.60. The number of amides is 1. The maximum atomic E-state index is 13.2. The maximum Gasteiger partial charge on any atom is 0.247 e. The molecule has 2 aliphatic rings. The molecule has 1 amide bonds. The molecule has 5 rings (SSSR count). The number of nitrogens with one attached hydrogen (secondary N) is 1. The number of hydrogen-bond donors (Lipinski definition) is 2. The summed E-state index contributed by atoms with van der Waals surface area (Å²) >= 11 is 13.1. The van der Waals surface area contributed by atoms with E-state index >= 15 is 0 Å². The van der Waals surface area contributed by atoms with E-state index in [1.54, 1.807) is 0 Å². The fourth-order valence-electron chi connectivity index (χ4n) is 6.42. The zero-order valence-electron chi connectivity index (χ0n) is 19.8. The van der Waals surface area contributed by atoms with E-state index in [1.807, 2.05) is 24.3 Å². The summed E-state index contributed by atoms with van der Waals surface area (Å²) in [6, 6.07) is 14.0. The molecule has 0 radical (unpaired) electrons. The Hall–Kier alpha value is -2.41. The van der Waals surface area contributed by atoms with Crippen LogP contribution in [0.5, 0.6) is 0 Å². The van der Waals surface area contributed by atoms with Crippen LogP contribution in [0.15, 0.2) is 46.9 Å². The highest BCUT2D eigenvalue weighted by molar-refractivity contribution is 6.31. The average molecular weight is 514 g/mol. The Morgan fingerprint density at radius 3 is 2.63 bits per heavy atom. The van der Waals surface area contributed by atoms with Crippen LogP contribution in [0.3, 0.4) is 0 Å². The third-order valence-electron chi connectivity index (χ3n) is 8.03.